The van der Waals surface area contributed by atoms with Crippen LogP contribution in [0, 0.1) is 11.8 Å². The second-order valence-electron chi connectivity index (χ2n) is 8.86. The summed E-state index contributed by atoms with van der Waals surface area (Å²) in [6.45, 7) is 3.71. The Balaban J connectivity index is 1.55. The van der Waals surface area contributed by atoms with Crippen molar-refractivity contribution in [1.29, 1.82) is 0 Å². The molecule has 0 saturated heterocycles. The predicted octanol–water partition coefficient (Wildman–Crippen LogP) is 4.99. The largest absolute Gasteiger partial charge is 0.350 e. The van der Waals surface area contributed by atoms with Gasteiger partial charge >= 0.3 is 0 Å². The number of nitrogens with one attached hydrogen (secondary N) is 1. The third-order valence-electron chi connectivity index (χ3n) is 5.78. The summed E-state index contributed by atoms with van der Waals surface area (Å²) >= 11 is 0. The third kappa shape index (κ3) is 5.16. The first kappa shape index (κ1) is 23.7. The van der Waals surface area contributed by atoms with E-state index in [1.807, 2.05) is 74.5 Å². The monoisotopic (exact) mass is 484 g/mol. The highest BCUT2D eigenvalue weighted by molar-refractivity contribution is 5.97. The quantitative estimate of drug-likeness (QED) is 0.365. The molecular weight excluding hydrogens is 460 g/mol. The topological polar surface area (TPSA) is 76.9 Å². The summed E-state index contributed by atoms with van der Waals surface area (Å²) in [5.41, 5.74) is 4.78. The average Bonchev–Trinajstić information content (AvgIpc) is 2.93. The van der Waals surface area contributed by atoms with Gasteiger partial charge in [-0.05, 0) is 79.6 Å². The molecule has 37 heavy (non-hydrogen) atoms. The molecule has 0 fully saturated rings. The van der Waals surface area contributed by atoms with Gasteiger partial charge in [0.25, 0.3) is 5.91 Å². The first-order valence-corrected chi connectivity index (χ1v) is 11.9. The highest BCUT2D eigenvalue weighted by Crippen LogP contribution is 2.20. The fraction of sp³-hybridized carbons (Fsp3) is 0.0968. The zero-order chi connectivity index (χ0) is 25.8. The van der Waals surface area contributed by atoms with Gasteiger partial charge in [-0.25, -0.2) is 4.98 Å². The molecule has 6 nitrogen and oxygen atoms in total. The van der Waals surface area contributed by atoms with Crippen molar-refractivity contribution in [2.75, 3.05) is 0 Å². The van der Waals surface area contributed by atoms with Crippen molar-refractivity contribution in [3.63, 3.8) is 0 Å². The van der Waals surface area contributed by atoms with E-state index in [4.69, 9.17) is 0 Å². The summed E-state index contributed by atoms with van der Waals surface area (Å²) in [6, 6.07) is 22.9. The molecule has 0 saturated carbocycles. The highest BCUT2D eigenvalue weighted by Gasteiger charge is 2.17. The molecule has 0 aliphatic rings. The zero-order valence-electron chi connectivity index (χ0n) is 20.5. The number of pyridine rings is 3. The molecule has 0 atom stereocenters. The third-order valence-corrected chi connectivity index (χ3v) is 5.78. The molecule has 2 aromatic carbocycles. The normalized spacial score (nSPS) is 10.7. The van der Waals surface area contributed by atoms with Gasteiger partial charge in [-0.2, -0.15) is 0 Å². The maximum atomic E-state index is 13.1. The van der Waals surface area contributed by atoms with E-state index < -0.39 is 5.91 Å². The van der Waals surface area contributed by atoms with Gasteiger partial charge < -0.3 is 9.88 Å². The number of benzene rings is 2. The SMILES string of the molecule is CC(C)NC(=O)c1cn(-c2cccc(C#Cc3cccc(-c4ccncc4)c3)c2)c2ncccc2c1=O. The summed E-state index contributed by atoms with van der Waals surface area (Å²) in [4.78, 5) is 34.4. The zero-order valence-corrected chi connectivity index (χ0v) is 20.5. The number of aromatic nitrogens is 3. The van der Waals surface area contributed by atoms with Crippen LogP contribution in [0.1, 0.15) is 35.3 Å². The maximum absolute atomic E-state index is 13.1. The Labute approximate surface area is 214 Å². The maximum Gasteiger partial charge on any atom is 0.256 e. The predicted molar refractivity (Wildman–Crippen MR) is 146 cm³/mol. The standard InChI is InChI=1S/C31H24N4O2/c1-21(2)34-31(37)28-20-35(30-27(29(28)36)10-5-15-33-30)26-9-4-7-23(19-26)12-11-22-6-3-8-25(18-22)24-13-16-32-17-14-24/h3-10,13-21H,1-2H3,(H,34,37). The Morgan fingerprint density at radius 2 is 1.59 bits per heavy atom. The van der Waals surface area contributed by atoms with E-state index in [1.165, 1.54) is 0 Å². The molecule has 0 bridgehead atoms. The fourth-order valence-electron chi connectivity index (χ4n) is 4.06. The molecule has 3 aromatic heterocycles. The summed E-state index contributed by atoms with van der Waals surface area (Å²) in [7, 11) is 0. The molecule has 0 radical (unpaired) electrons. The lowest BCUT2D eigenvalue weighted by Gasteiger charge is -2.14. The van der Waals surface area contributed by atoms with E-state index in [2.05, 4.69) is 27.1 Å². The van der Waals surface area contributed by atoms with Crippen molar-refractivity contribution >= 4 is 16.9 Å². The molecule has 0 aliphatic heterocycles. The van der Waals surface area contributed by atoms with Gasteiger partial charge in [0, 0.05) is 47.6 Å². The van der Waals surface area contributed by atoms with Crippen LogP contribution in [0.15, 0.2) is 102 Å². The van der Waals surface area contributed by atoms with Crippen LogP contribution < -0.4 is 10.7 Å². The minimum atomic E-state index is -0.412. The van der Waals surface area contributed by atoms with Crippen LogP contribution in [-0.2, 0) is 0 Å². The average molecular weight is 485 g/mol. The number of fused-ring (bicyclic) bond motifs is 1. The lowest BCUT2D eigenvalue weighted by atomic mass is 10.0. The molecule has 5 aromatic rings. The first-order valence-electron chi connectivity index (χ1n) is 11.9. The van der Waals surface area contributed by atoms with Crippen LogP contribution in [0.5, 0.6) is 0 Å². The van der Waals surface area contributed by atoms with Crippen LogP contribution >= 0.6 is 0 Å². The number of hydrogen-bond acceptors (Lipinski definition) is 4. The smallest absolute Gasteiger partial charge is 0.256 e. The minimum Gasteiger partial charge on any atom is -0.350 e. The van der Waals surface area contributed by atoms with E-state index in [9.17, 15) is 9.59 Å². The summed E-state index contributed by atoms with van der Waals surface area (Å²) in [6.07, 6.45) is 6.73. The van der Waals surface area contributed by atoms with Crippen LogP contribution in [-0.4, -0.2) is 26.5 Å². The number of amides is 1. The van der Waals surface area contributed by atoms with Gasteiger partial charge in [-0.3, -0.25) is 14.6 Å². The van der Waals surface area contributed by atoms with E-state index in [0.717, 1.165) is 27.9 Å². The van der Waals surface area contributed by atoms with Crippen molar-refractivity contribution < 1.29 is 4.79 Å². The van der Waals surface area contributed by atoms with E-state index in [-0.39, 0.29) is 17.0 Å². The van der Waals surface area contributed by atoms with Gasteiger partial charge in [-0.1, -0.05) is 30.0 Å². The van der Waals surface area contributed by atoms with Crippen LogP contribution in [0.3, 0.4) is 0 Å². The number of carbonyl (C=O) groups excluding carboxylic acids is 1. The number of carbonyl (C=O) groups is 1. The van der Waals surface area contributed by atoms with Gasteiger partial charge in [0.15, 0.2) is 0 Å². The van der Waals surface area contributed by atoms with Crippen molar-refractivity contribution in [3.8, 4) is 28.7 Å². The fourth-order valence-corrected chi connectivity index (χ4v) is 4.06. The van der Waals surface area contributed by atoms with Crippen LogP contribution in [0.2, 0.25) is 0 Å². The van der Waals surface area contributed by atoms with Crippen molar-refractivity contribution in [3.05, 3.63) is 124 Å². The van der Waals surface area contributed by atoms with Crippen molar-refractivity contribution in [2.24, 2.45) is 0 Å². The Bertz CT molecular complexity index is 1730. The molecule has 6 heteroatoms. The molecule has 0 unspecified atom stereocenters. The lowest BCUT2D eigenvalue weighted by molar-refractivity contribution is 0.0941. The number of rotatable bonds is 4. The van der Waals surface area contributed by atoms with Gasteiger partial charge in [0.05, 0.1) is 5.39 Å². The number of hydrogen-bond donors (Lipinski definition) is 1. The molecule has 3 heterocycles. The lowest BCUT2D eigenvalue weighted by Crippen LogP contribution is -2.34. The summed E-state index contributed by atoms with van der Waals surface area (Å²) in [5, 5.41) is 3.19. The molecule has 180 valence electrons. The van der Waals surface area contributed by atoms with E-state index in [0.29, 0.717) is 11.0 Å². The molecular formula is C31H24N4O2. The summed E-state index contributed by atoms with van der Waals surface area (Å²) < 4.78 is 1.77. The highest BCUT2D eigenvalue weighted by atomic mass is 16.2. The van der Waals surface area contributed by atoms with Crippen molar-refractivity contribution in [2.45, 2.75) is 19.9 Å². The van der Waals surface area contributed by atoms with Crippen LogP contribution in [0.4, 0.5) is 0 Å². The minimum absolute atomic E-state index is 0.0682. The Morgan fingerprint density at radius 1 is 0.865 bits per heavy atom. The molecule has 1 amide bonds. The van der Waals surface area contributed by atoms with E-state index >= 15 is 0 Å². The second kappa shape index (κ2) is 10.3. The van der Waals surface area contributed by atoms with Gasteiger partial charge in [0.2, 0.25) is 5.43 Å². The van der Waals surface area contributed by atoms with Gasteiger partial charge in [0.1, 0.15) is 11.2 Å². The summed E-state index contributed by atoms with van der Waals surface area (Å²) in [5.74, 6) is 6.07. The molecule has 5 rings (SSSR count). The van der Waals surface area contributed by atoms with Gasteiger partial charge in [-0.15, -0.1) is 0 Å². The number of nitrogens with zero attached hydrogens (tertiary/aromatic N) is 3. The van der Waals surface area contributed by atoms with Crippen LogP contribution in [0.25, 0.3) is 27.8 Å². The Hall–Kier alpha value is -5.02. The second-order valence-corrected chi connectivity index (χ2v) is 8.86. The Morgan fingerprint density at radius 3 is 2.35 bits per heavy atom. The first-order chi connectivity index (χ1) is 18.0. The Kier molecular flexibility index (Phi) is 6.60. The molecule has 0 spiro atoms. The van der Waals surface area contributed by atoms with E-state index in [1.54, 1.807) is 41.5 Å². The molecule has 0 aliphatic carbocycles. The van der Waals surface area contributed by atoms with Crippen molar-refractivity contribution in [1.82, 2.24) is 19.9 Å². The molecule has 1 N–H and O–H groups in total.